The molecule has 0 saturated heterocycles. The number of methoxy groups -OCH3 is 3. The van der Waals surface area contributed by atoms with Gasteiger partial charge in [0.15, 0.2) is 11.5 Å². The molecule has 0 atom stereocenters. The predicted molar refractivity (Wildman–Crippen MR) is 60.3 cm³/mol. The predicted octanol–water partition coefficient (Wildman–Crippen LogP) is 2.64. The zero-order chi connectivity index (χ0) is 11.6. The van der Waals surface area contributed by atoms with E-state index < -0.39 is 0 Å². The van der Waals surface area contributed by atoms with Crippen LogP contribution < -0.4 is 14.2 Å². The van der Waals surface area contributed by atoms with Gasteiger partial charge in [-0.15, -0.1) is 0 Å². The topological polar surface area (TPSA) is 27.7 Å². The van der Waals surface area contributed by atoms with Gasteiger partial charge in [0.1, 0.15) is 5.75 Å². The zero-order valence-electron chi connectivity index (χ0n) is 10.2. The van der Waals surface area contributed by atoms with Gasteiger partial charge in [0.2, 0.25) is 0 Å². The molecule has 0 heterocycles. The second kappa shape index (κ2) is 4.43. The van der Waals surface area contributed by atoms with Gasteiger partial charge in [-0.25, -0.2) is 0 Å². The van der Waals surface area contributed by atoms with E-state index in [1.807, 2.05) is 20.8 Å². The summed E-state index contributed by atoms with van der Waals surface area (Å²) < 4.78 is 16.1. The van der Waals surface area contributed by atoms with Crippen molar-refractivity contribution in [3.8, 4) is 17.2 Å². The minimum absolute atomic E-state index is 0.748. The van der Waals surface area contributed by atoms with E-state index in [1.54, 1.807) is 21.3 Å². The van der Waals surface area contributed by atoms with Crippen molar-refractivity contribution < 1.29 is 14.2 Å². The molecule has 0 saturated carbocycles. The van der Waals surface area contributed by atoms with Crippen LogP contribution in [0, 0.1) is 20.8 Å². The van der Waals surface area contributed by atoms with Crippen LogP contribution in [0.1, 0.15) is 16.7 Å². The molecule has 0 aliphatic rings. The molecule has 0 aliphatic heterocycles. The molecule has 84 valence electrons. The fourth-order valence-electron chi connectivity index (χ4n) is 1.86. The molecule has 15 heavy (non-hydrogen) atoms. The number of hydrogen-bond donors (Lipinski definition) is 0. The van der Waals surface area contributed by atoms with Crippen LogP contribution in [0.4, 0.5) is 0 Å². The lowest BCUT2D eigenvalue weighted by molar-refractivity contribution is 0.342. The first-order valence-corrected chi connectivity index (χ1v) is 4.84. The van der Waals surface area contributed by atoms with Crippen LogP contribution in [0.5, 0.6) is 17.2 Å². The molecule has 3 nitrogen and oxygen atoms in total. The van der Waals surface area contributed by atoms with Crippen molar-refractivity contribution in [1.82, 2.24) is 0 Å². The second-order valence-corrected chi connectivity index (χ2v) is 3.47. The van der Waals surface area contributed by atoms with E-state index >= 15 is 0 Å². The molecule has 3 heteroatoms. The number of benzene rings is 1. The van der Waals surface area contributed by atoms with Gasteiger partial charge >= 0.3 is 0 Å². The maximum absolute atomic E-state index is 5.36. The van der Waals surface area contributed by atoms with Crippen molar-refractivity contribution in [1.29, 1.82) is 0 Å². The molecule has 0 N–H and O–H groups in total. The van der Waals surface area contributed by atoms with Crippen molar-refractivity contribution in [2.45, 2.75) is 20.8 Å². The monoisotopic (exact) mass is 210 g/mol. The van der Waals surface area contributed by atoms with E-state index in [1.165, 1.54) is 0 Å². The quantitative estimate of drug-likeness (QED) is 0.767. The van der Waals surface area contributed by atoms with Crippen molar-refractivity contribution in [3.63, 3.8) is 0 Å². The summed E-state index contributed by atoms with van der Waals surface area (Å²) in [5.41, 5.74) is 3.12. The van der Waals surface area contributed by atoms with E-state index in [4.69, 9.17) is 14.2 Å². The van der Waals surface area contributed by atoms with Crippen LogP contribution in [0.25, 0.3) is 0 Å². The smallest absolute Gasteiger partial charge is 0.167 e. The first kappa shape index (κ1) is 11.7. The zero-order valence-corrected chi connectivity index (χ0v) is 10.2. The number of hydrogen-bond acceptors (Lipinski definition) is 3. The highest BCUT2D eigenvalue weighted by Crippen LogP contribution is 2.42. The minimum Gasteiger partial charge on any atom is -0.496 e. The molecule has 0 bridgehead atoms. The molecular weight excluding hydrogens is 192 g/mol. The third-order valence-corrected chi connectivity index (χ3v) is 2.74. The van der Waals surface area contributed by atoms with Crippen LogP contribution in [0.15, 0.2) is 0 Å². The summed E-state index contributed by atoms with van der Waals surface area (Å²) in [5, 5.41) is 0. The number of rotatable bonds is 3. The molecule has 1 aromatic rings. The van der Waals surface area contributed by atoms with Crippen molar-refractivity contribution in [2.75, 3.05) is 21.3 Å². The fraction of sp³-hybridized carbons (Fsp3) is 0.500. The summed E-state index contributed by atoms with van der Waals surface area (Å²) in [7, 11) is 4.95. The van der Waals surface area contributed by atoms with E-state index in [0.29, 0.717) is 0 Å². The van der Waals surface area contributed by atoms with Crippen LogP contribution >= 0.6 is 0 Å². The largest absolute Gasteiger partial charge is 0.496 e. The van der Waals surface area contributed by atoms with Gasteiger partial charge in [-0.05, 0) is 26.3 Å². The highest BCUT2D eigenvalue weighted by atomic mass is 16.5. The van der Waals surface area contributed by atoms with Gasteiger partial charge < -0.3 is 14.2 Å². The van der Waals surface area contributed by atoms with E-state index in [2.05, 4.69) is 0 Å². The Morgan fingerprint density at radius 3 is 1.27 bits per heavy atom. The average Bonchev–Trinajstić information content (AvgIpc) is 2.23. The van der Waals surface area contributed by atoms with Crippen molar-refractivity contribution >= 4 is 0 Å². The summed E-state index contributed by atoms with van der Waals surface area (Å²) in [6.45, 7) is 5.98. The Morgan fingerprint density at radius 2 is 0.867 bits per heavy atom. The Hall–Kier alpha value is -1.38. The molecule has 1 aromatic carbocycles. The molecule has 1 rings (SSSR count). The van der Waals surface area contributed by atoms with Gasteiger partial charge in [-0.3, -0.25) is 0 Å². The fourth-order valence-corrected chi connectivity index (χ4v) is 1.86. The van der Waals surface area contributed by atoms with Gasteiger partial charge in [-0.1, -0.05) is 0 Å². The Morgan fingerprint density at radius 1 is 0.533 bits per heavy atom. The molecule has 0 radical (unpaired) electrons. The van der Waals surface area contributed by atoms with Gasteiger partial charge in [0.25, 0.3) is 0 Å². The second-order valence-electron chi connectivity index (χ2n) is 3.47. The first-order valence-electron chi connectivity index (χ1n) is 4.84. The van der Waals surface area contributed by atoms with Crippen LogP contribution in [0.3, 0.4) is 0 Å². The standard InChI is InChI=1S/C12H18O3/c1-7-8(2)11(14-5)12(15-6)9(3)10(7)13-4/h1-6H3. The lowest BCUT2D eigenvalue weighted by Gasteiger charge is -2.19. The third kappa shape index (κ3) is 1.74. The maximum Gasteiger partial charge on any atom is 0.167 e. The maximum atomic E-state index is 5.36. The SMILES string of the molecule is COc1c(C)c(C)c(OC)c(OC)c1C. The minimum atomic E-state index is 0.748. The third-order valence-electron chi connectivity index (χ3n) is 2.74. The van der Waals surface area contributed by atoms with E-state index in [0.717, 1.165) is 33.9 Å². The summed E-state index contributed by atoms with van der Waals surface area (Å²) in [4.78, 5) is 0. The van der Waals surface area contributed by atoms with Crippen molar-refractivity contribution in [2.24, 2.45) is 0 Å². The lowest BCUT2D eigenvalue weighted by atomic mass is 10.0. The summed E-state index contributed by atoms with van der Waals surface area (Å²) in [5.74, 6) is 2.40. The molecule has 0 unspecified atom stereocenters. The average molecular weight is 210 g/mol. The van der Waals surface area contributed by atoms with Crippen LogP contribution in [-0.4, -0.2) is 21.3 Å². The molecule has 0 aliphatic carbocycles. The Kier molecular flexibility index (Phi) is 3.45. The summed E-state index contributed by atoms with van der Waals surface area (Å²) in [6.07, 6.45) is 0. The van der Waals surface area contributed by atoms with E-state index in [9.17, 15) is 0 Å². The first-order chi connectivity index (χ1) is 7.08. The number of ether oxygens (including phenoxy) is 3. The molecular formula is C12H18O3. The van der Waals surface area contributed by atoms with E-state index in [-0.39, 0.29) is 0 Å². The Bertz CT molecular complexity index is 370. The molecule has 0 fully saturated rings. The normalized spacial score (nSPS) is 10.0. The van der Waals surface area contributed by atoms with Gasteiger partial charge in [-0.2, -0.15) is 0 Å². The molecule has 0 amide bonds. The Balaban J connectivity index is 3.57. The molecule has 0 spiro atoms. The van der Waals surface area contributed by atoms with Crippen molar-refractivity contribution in [3.05, 3.63) is 16.7 Å². The molecule has 0 aromatic heterocycles. The van der Waals surface area contributed by atoms with Crippen LogP contribution in [0.2, 0.25) is 0 Å². The van der Waals surface area contributed by atoms with Gasteiger partial charge in [0, 0.05) is 11.1 Å². The summed E-state index contributed by atoms with van der Waals surface area (Å²) in [6, 6.07) is 0. The lowest BCUT2D eigenvalue weighted by Crippen LogP contribution is -2.01. The van der Waals surface area contributed by atoms with Crippen LogP contribution in [-0.2, 0) is 0 Å². The van der Waals surface area contributed by atoms with Gasteiger partial charge in [0.05, 0.1) is 21.3 Å². The highest BCUT2D eigenvalue weighted by Gasteiger charge is 2.18. The summed E-state index contributed by atoms with van der Waals surface area (Å²) >= 11 is 0. The Labute approximate surface area is 91.0 Å². The highest BCUT2D eigenvalue weighted by molar-refractivity contribution is 5.61.